The third kappa shape index (κ3) is 4.10. The molecular weight excluding hydrogens is 390 g/mol. The number of nitriles is 2. The minimum Gasteiger partial charge on any atom is -0.508 e. The van der Waals surface area contributed by atoms with E-state index in [1.807, 2.05) is 6.07 Å². The highest BCUT2D eigenvalue weighted by atomic mass is 32.2. The molecule has 29 heavy (non-hydrogen) atoms. The van der Waals surface area contributed by atoms with Gasteiger partial charge in [-0.2, -0.15) is 10.5 Å². The Kier molecular flexibility index (Phi) is 5.63. The van der Waals surface area contributed by atoms with Crippen molar-refractivity contribution in [2.45, 2.75) is 10.8 Å². The second-order valence-electron chi connectivity index (χ2n) is 5.91. The van der Waals surface area contributed by atoms with Crippen molar-refractivity contribution in [2.24, 2.45) is 0 Å². The van der Waals surface area contributed by atoms with E-state index in [0.717, 1.165) is 0 Å². The number of aromatic nitrogens is 1. The lowest BCUT2D eigenvalue weighted by Gasteiger charge is -2.13. The molecule has 0 bridgehead atoms. The summed E-state index contributed by atoms with van der Waals surface area (Å²) in [5.74, 6) is 0.355. The third-order valence-electron chi connectivity index (χ3n) is 4.07. The quantitative estimate of drug-likeness (QED) is 0.369. The van der Waals surface area contributed by atoms with Crippen LogP contribution in [0.25, 0.3) is 11.1 Å². The predicted molar refractivity (Wildman–Crippen MR) is 108 cm³/mol. The maximum Gasteiger partial charge on any atom is 0.269 e. The number of nitro groups is 1. The van der Waals surface area contributed by atoms with Crippen molar-refractivity contribution in [2.75, 3.05) is 5.73 Å². The molecule has 9 heteroatoms. The van der Waals surface area contributed by atoms with Gasteiger partial charge in [0.25, 0.3) is 5.69 Å². The van der Waals surface area contributed by atoms with Crippen LogP contribution in [0.15, 0.2) is 53.6 Å². The summed E-state index contributed by atoms with van der Waals surface area (Å²) in [6.45, 7) is 0. The van der Waals surface area contributed by atoms with E-state index in [2.05, 4.69) is 11.1 Å². The number of pyridine rings is 1. The minimum absolute atomic E-state index is 0.0175. The van der Waals surface area contributed by atoms with Crippen LogP contribution in [0.5, 0.6) is 5.75 Å². The number of phenols is 1. The Hall–Kier alpha value is -4.08. The Bertz CT molecular complexity index is 1180. The van der Waals surface area contributed by atoms with Crippen LogP contribution < -0.4 is 5.73 Å². The molecule has 0 saturated heterocycles. The van der Waals surface area contributed by atoms with Crippen LogP contribution in [-0.4, -0.2) is 15.0 Å². The van der Waals surface area contributed by atoms with E-state index >= 15 is 0 Å². The van der Waals surface area contributed by atoms with Gasteiger partial charge in [-0.15, -0.1) is 11.8 Å². The number of hydrogen-bond donors (Lipinski definition) is 2. The second-order valence-corrected chi connectivity index (χ2v) is 6.88. The molecule has 8 nitrogen and oxygen atoms in total. The summed E-state index contributed by atoms with van der Waals surface area (Å²) < 4.78 is 0. The molecule has 3 rings (SSSR count). The van der Waals surface area contributed by atoms with Crippen molar-refractivity contribution in [3.63, 3.8) is 0 Å². The first-order chi connectivity index (χ1) is 13.9. The van der Waals surface area contributed by atoms with E-state index in [-0.39, 0.29) is 28.4 Å². The fourth-order valence-corrected chi connectivity index (χ4v) is 3.67. The zero-order valence-electron chi connectivity index (χ0n) is 14.9. The average molecular weight is 403 g/mol. The molecule has 0 unspecified atom stereocenters. The number of aromatic hydroxyl groups is 1. The summed E-state index contributed by atoms with van der Waals surface area (Å²) in [6.07, 6.45) is 0. The van der Waals surface area contributed by atoms with E-state index in [1.165, 1.54) is 36.0 Å². The van der Waals surface area contributed by atoms with E-state index in [4.69, 9.17) is 5.73 Å². The zero-order chi connectivity index (χ0) is 21.0. The van der Waals surface area contributed by atoms with Gasteiger partial charge in [-0.25, -0.2) is 4.98 Å². The van der Waals surface area contributed by atoms with Gasteiger partial charge in [0.05, 0.1) is 10.5 Å². The van der Waals surface area contributed by atoms with Gasteiger partial charge in [-0.3, -0.25) is 10.1 Å². The lowest BCUT2D eigenvalue weighted by Crippen LogP contribution is -2.03. The number of phenolic OH excluding ortho intramolecular Hbond substituents is 1. The highest BCUT2D eigenvalue weighted by molar-refractivity contribution is 7.98. The normalized spacial score (nSPS) is 10.1. The number of nitro benzene ring substituents is 1. The van der Waals surface area contributed by atoms with Crippen LogP contribution in [0.1, 0.15) is 16.7 Å². The van der Waals surface area contributed by atoms with Crippen LogP contribution in [0.3, 0.4) is 0 Å². The van der Waals surface area contributed by atoms with Gasteiger partial charge < -0.3 is 10.8 Å². The van der Waals surface area contributed by atoms with Gasteiger partial charge >= 0.3 is 0 Å². The predicted octanol–water partition coefficient (Wildman–Crippen LogP) is 3.98. The van der Waals surface area contributed by atoms with Crippen LogP contribution in [0, 0.1) is 32.8 Å². The molecule has 0 aliphatic heterocycles. The van der Waals surface area contributed by atoms with E-state index in [9.17, 15) is 25.7 Å². The third-order valence-corrected chi connectivity index (χ3v) is 5.12. The molecule has 0 radical (unpaired) electrons. The van der Waals surface area contributed by atoms with Crippen molar-refractivity contribution >= 4 is 23.3 Å². The minimum atomic E-state index is -0.476. The number of thioether (sulfide) groups is 1. The molecule has 3 N–H and O–H groups in total. The van der Waals surface area contributed by atoms with Crippen molar-refractivity contribution in [3.8, 4) is 29.0 Å². The number of nitrogens with two attached hydrogens (primary N) is 1. The second kappa shape index (κ2) is 8.30. The Morgan fingerprint density at radius 1 is 1.14 bits per heavy atom. The number of hydrogen-bond acceptors (Lipinski definition) is 8. The Morgan fingerprint density at radius 2 is 1.83 bits per heavy atom. The molecule has 0 amide bonds. The molecule has 0 aliphatic carbocycles. The van der Waals surface area contributed by atoms with Crippen LogP contribution in [-0.2, 0) is 5.75 Å². The van der Waals surface area contributed by atoms with Gasteiger partial charge in [0.2, 0.25) is 0 Å². The van der Waals surface area contributed by atoms with Crippen LogP contribution in [0.2, 0.25) is 0 Å². The zero-order valence-corrected chi connectivity index (χ0v) is 15.7. The number of nitrogen functional groups attached to an aromatic ring is 1. The van der Waals surface area contributed by atoms with Crippen molar-refractivity contribution in [3.05, 3.63) is 75.3 Å². The van der Waals surface area contributed by atoms with E-state index in [0.29, 0.717) is 27.5 Å². The maximum atomic E-state index is 10.9. The summed E-state index contributed by atoms with van der Waals surface area (Å²) in [7, 11) is 0. The summed E-state index contributed by atoms with van der Waals surface area (Å²) in [6, 6.07) is 16.3. The number of anilines is 1. The van der Waals surface area contributed by atoms with Gasteiger partial charge in [0.15, 0.2) is 0 Å². The van der Waals surface area contributed by atoms with Crippen molar-refractivity contribution in [1.29, 1.82) is 10.5 Å². The monoisotopic (exact) mass is 403 g/mol. The number of nitrogens with zero attached hydrogens (tertiary/aromatic N) is 4. The molecule has 3 aromatic rings. The smallest absolute Gasteiger partial charge is 0.269 e. The Balaban J connectivity index is 2.05. The largest absolute Gasteiger partial charge is 0.508 e. The van der Waals surface area contributed by atoms with E-state index in [1.54, 1.807) is 24.3 Å². The number of non-ortho nitro benzene ring substituents is 1. The summed E-state index contributed by atoms with van der Waals surface area (Å²) in [4.78, 5) is 14.7. The molecule has 2 aromatic carbocycles. The standard InChI is InChI=1S/C20H13N5O3S/c21-9-16-18(13-4-6-15(26)7-5-13)17(10-22)20(24-19(16)23)29-11-12-2-1-3-14(8-12)25(27)28/h1-8,26H,11H2,(H2,23,24). The topological polar surface area (TPSA) is 150 Å². The fourth-order valence-electron chi connectivity index (χ4n) is 2.73. The van der Waals surface area contributed by atoms with Gasteiger partial charge in [0, 0.05) is 23.4 Å². The molecule has 0 atom stereocenters. The summed E-state index contributed by atoms with van der Waals surface area (Å²) >= 11 is 1.20. The highest BCUT2D eigenvalue weighted by Gasteiger charge is 2.20. The number of rotatable bonds is 5. The highest BCUT2D eigenvalue weighted by Crippen LogP contribution is 2.37. The molecule has 0 fully saturated rings. The van der Waals surface area contributed by atoms with E-state index < -0.39 is 4.92 Å². The SMILES string of the molecule is N#Cc1c(N)nc(SCc2cccc([N+](=O)[O-])c2)c(C#N)c1-c1ccc(O)cc1. The number of benzene rings is 2. The first-order valence-electron chi connectivity index (χ1n) is 8.23. The molecule has 0 saturated carbocycles. The Labute approximate surface area is 170 Å². The maximum absolute atomic E-state index is 10.9. The lowest BCUT2D eigenvalue weighted by molar-refractivity contribution is -0.384. The van der Waals surface area contributed by atoms with Gasteiger partial charge in [0.1, 0.15) is 34.3 Å². The molecule has 142 valence electrons. The first-order valence-corrected chi connectivity index (χ1v) is 9.22. The van der Waals surface area contributed by atoms with Crippen LogP contribution >= 0.6 is 11.8 Å². The van der Waals surface area contributed by atoms with Crippen molar-refractivity contribution in [1.82, 2.24) is 4.98 Å². The first kappa shape index (κ1) is 19.7. The fraction of sp³-hybridized carbons (Fsp3) is 0.0500. The average Bonchev–Trinajstić information content (AvgIpc) is 2.72. The molecule has 1 aromatic heterocycles. The molecule has 1 heterocycles. The molecule has 0 spiro atoms. The lowest BCUT2D eigenvalue weighted by atomic mass is 9.97. The molecule has 0 aliphatic rings. The van der Waals surface area contributed by atoms with Crippen molar-refractivity contribution < 1.29 is 10.0 Å². The summed E-state index contributed by atoms with van der Waals surface area (Å²) in [5, 5.41) is 40.0. The van der Waals surface area contributed by atoms with Gasteiger partial charge in [-0.05, 0) is 23.3 Å². The molecular formula is C20H13N5O3S. The van der Waals surface area contributed by atoms with Gasteiger partial charge in [-0.1, -0.05) is 24.3 Å². The summed E-state index contributed by atoms with van der Waals surface area (Å²) in [5.41, 5.74) is 7.75. The Morgan fingerprint density at radius 3 is 2.45 bits per heavy atom. The van der Waals surface area contributed by atoms with Crippen LogP contribution in [0.4, 0.5) is 11.5 Å².